The van der Waals surface area contributed by atoms with E-state index >= 15 is 0 Å². The van der Waals surface area contributed by atoms with E-state index in [1.54, 1.807) is 18.2 Å². The lowest BCUT2D eigenvalue weighted by Crippen LogP contribution is -2.14. The van der Waals surface area contributed by atoms with E-state index in [9.17, 15) is 4.79 Å². The topological polar surface area (TPSA) is 67.8 Å². The van der Waals surface area contributed by atoms with Crippen molar-refractivity contribution in [1.82, 2.24) is 15.0 Å². The summed E-state index contributed by atoms with van der Waals surface area (Å²) in [7, 11) is 0. The van der Waals surface area contributed by atoms with Gasteiger partial charge in [-0.05, 0) is 44.0 Å². The van der Waals surface area contributed by atoms with Gasteiger partial charge in [-0.2, -0.15) is 0 Å². The van der Waals surface area contributed by atoms with Crippen LogP contribution in [0, 0.1) is 0 Å². The Morgan fingerprint density at radius 3 is 2.59 bits per heavy atom. The van der Waals surface area contributed by atoms with Gasteiger partial charge in [-0.1, -0.05) is 6.07 Å². The maximum absolute atomic E-state index is 11.8. The number of nitrogens with one attached hydrogen (secondary N) is 1. The SMILES string of the molecule is O=C(Nc1cnc(Br)cn1)c1cccc(Br)n1. The third-order valence-corrected chi connectivity index (χ3v) is 2.66. The Morgan fingerprint density at radius 2 is 1.94 bits per heavy atom. The summed E-state index contributed by atoms with van der Waals surface area (Å²) in [6, 6.07) is 5.10. The van der Waals surface area contributed by atoms with Crippen LogP contribution in [0.5, 0.6) is 0 Å². The monoisotopic (exact) mass is 356 g/mol. The van der Waals surface area contributed by atoms with Gasteiger partial charge < -0.3 is 5.32 Å². The van der Waals surface area contributed by atoms with Crippen LogP contribution in [0.15, 0.2) is 39.8 Å². The molecular formula is C10H6Br2N4O. The number of nitrogens with zero attached hydrogens (tertiary/aromatic N) is 3. The number of halogens is 2. The minimum Gasteiger partial charge on any atom is -0.304 e. The Labute approximate surface area is 114 Å². The molecule has 0 saturated carbocycles. The fourth-order valence-corrected chi connectivity index (χ4v) is 1.64. The van der Waals surface area contributed by atoms with Crippen LogP contribution in [0.2, 0.25) is 0 Å². The number of carbonyl (C=O) groups is 1. The Hall–Kier alpha value is -1.34. The van der Waals surface area contributed by atoms with E-state index in [-0.39, 0.29) is 5.91 Å². The van der Waals surface area contributed by atoms with E-state index in [1.807, 2.05) is 0 Å². The van der Waals surface area contributed by atoms with Crippen LogP contribution in [-0.4, -0.2) is 20.9 Å². The number of amides is 1. The van der Waals surface area contributed by atoms with Crippen LogP contribution in [0.25, 0.3) is 0 Å². The van der Waals surface area contributed by atoms with E-state index < -0.39 is 0 Å². The van der Waals surface area contributed by atoms with Crippen LogP contribution in [0.4, 0.5) is 5.82 Å². The fraction of sp³-hybridized carbons (Fsp3) is 0. The van der Waals surface area contributed by atoms with Crippen molar-refractivity contribution in [2.45, 2.75) is 0 Å². The molecule has 0 aliphatic heterocycles. The predicted octanol–water partition coefficient (Wildman–Crippen LogP) is 2.65. The van der Waals surface area contributed by atoms with Gasteiger partial charge in [-0.25, -0.2) is 15.0 Å². The molecule has 0 bridgehead atoms. The van der Waals surface area contributed by atoms with Crippen LogP contribution < -0.4 is 5.32 Å². The molecule has 1 N–H and O–H groups in total. The zero-order chi connectivity index (χ0) is 12.3. The third kappa shape index (κ3) is 3.31. The molecule has 2 aromatic rings. The normalized spacial score (nSPS) is 10.0. The van der Waals surface area contributed by atoms with Crippen molar-refractivity contribution in [1.29, 1.82) is 0 Å². The van der Waals surface area contributed by atoms with Gasteiger partial charge in [0.15, 0.2) is 5.82 Å². The number of hydrogen-bond donors (Lipinski definition) is 1. The molecule has 0 atom stereocenters. The summed E-state index contributed by atoms with van der Waals surface area (Å²) in [6.07, 6.45) is 2.96. The highest BCUT2D eigenvalue weighted by atomic mass is 79.9. The van der Waals surface area contributed by atoms with Crippen LogP contribution >= 0.6 is 31.9 Å². The maximum Gasteiger partial charge on any atom is 0.275 e. The molecule has 2 rings (SSSR count). The molecule has 0 saturated heterocycles. The standard InChI is InChI=1S/C10H6Br2N4O/c11-7-3-1-2-6(15-7)10(17)16-9-5-13-8(12)4-14-9/h1-5H,(H,14,16,17). The Balaban J connectivity index is 2.14. The van der Waals surface area contributed by atoms with Gasteiger partial charge in [0.1, 0.15) is 14.9 Å². The largest absolute Gasteiger partial charge is 0.304 e. The number of anilines is 1. The molecule has 7 heteroatoms. The van der Waals surface area contributed by atoms with Gasteiger partial charge in [-0.3, -0.25) is 4.79 Å². The summed E-state index contributed by atoms with van der Waals surface area (Å²) in [6.45, 7) is 0. The average Bonchev–Trinajstić information content (AvgIpc) is 2.32. The molecule has 0 spiro atoms. The molecular weight excluding hydrogens is 352 g/mol. The molecule has 1 amide bonds. The number of pyridine rings is 1. The van der Waals surface area contributed by atoms with Crippen molar-refractivity contribution < 1.29 is 4.79 Å². The summed E-state index contributed by atoms with van der Waals surface area (Å²) >= 11 is 6.36. The Morgan fingerprint density at radius 1 is 1.12 bits per heavy atom. The van der Waals surface area contributed by atoms with E-state index in [1.165, 1.54) is 12.4 Å². The van der Waals surface area contributed by atoms with E-state index in [2.05, 4.69) is 52.1 Å². The van der Waals surface area contributed by atoms with Crippen molar-refractivity contribution in [3.8, 4) is 0 Å². The highest BCUT2D eigenvalue weighted by Crippen LogP contribution is 2.09. The molecule has 0 radical (unpaired) electrons. The third-order valence-electron chi connectivity index (χ3n) is 1.81. The van der Waals surface area contributed by atoms with Crippen molar-refractivity contribution in [3.63, 3.8) is 0 Å². The molecule has 5 nitrogen and oxygen atoms in total. The summed E-state index contributed by atoms with van der Waals surface area (Å²) < 4.78 is 1.21. The van der Waals surface area contributed by atoms with Gasteiger partial charge in [0, 0.05) is 0 Å². The first kappa shape index (κ1) is 12.1. The lowest BCUT2D eigenvalue weighted by molar-refractivity contribution is 0.102. The first-order valence-electron chi connectivity index (χ1n) is 4.56. The van der Waals surface area contributed by atoms with E-state index in [4.69, 9.17) is 0 Å². The fourth-order valence-electron chi connectivity index (χ4n) is 1.09. The maximum atomic E-state index is 11.8. The van der Waals surface area contributed by atoms with Gasteiger partial charge in [0.05, 0.1) is 12.4 Å². The van der Waals surface area contributed by atoms with Gasteiger partial charge in [0.25, 0.3) is 5.91 Å². The number of hydrogen-bond acceptors (Lipinski definition) is 4. The second-order valence-corrected chi connectivity index (χ2v) is 4.65. The molecule has 17 heavy (non-hydrogen) atoms. The molecule has 0 aliphatic rings. The van der Waals surface area contributed by atoms with Crippen molar-refractivity contribution in [2.75, 3.05) is 5.32 Å². The highest BCUT2D eigenvalue weighted by molar-refractivity contribution is 9.10. The number of carbonyl (C=O) groups excluding carboxylic acids is 1. The highest BCUT2D eigenvalue weighted by Gasteiger charge is 2.08. The summed E-state index contributed by atoms with van der Waals surface area (Å²) in [5, 5.41) is 2.60. The average molecular weight is 358 g/mol. The van der Waals surface area contributed by atoms with Crippen molar-refractivity contribution >= 4 is 43.6 Å². The minimum atomic E-state index is -0.331. The minimum absolute atomic E-state index is 0.309. The molecule has 2 aromatic heterocycles. The van der Waals surface area contributed by atoms with E-state index in [0.29, 0.717) is 20.7 Å². The summed E-state index contributed by atoms with van der Waals surface area (Å²) in [4.78, 5) is 23.7. The lowest BCUT2D eigenvalue weighted by atomic mass is 10.3. The molecule has 86 valence electrons. The second-order valence-electron chi connectivity index (χ2n) is 3.02. The molecule has 2 heterocycles. The zero-order valence-electron chi connectivity index (χ0n) is 8.39. The van der Waals surface area contributed by atoms with Crippen LogP contribution in [-0.2, 0) is 0 Å². The first-order valence-corrected chi connectivity index (χ1v) is 6.15. The summed E-state index contributed by atoms with van der Waals surface area (Å²) in [5.74, 6) is 0.0443. The van der Waals surface area contributed by atoms with Crippen molar-refractivity contribution in [2.24, 2.45) is 0 Å². The smallest absolute Gasteiger partial charge is 0.275 e. The molecule has 0 unspecified atom stereocenters. The molecule has 0 aromatic carbocycles. The first-order chi connectivity index (χ1) is 8.15. The number of aromatic nitrogens is 3. The predicted molar refractivity (Wildman–Crippen MR) is 69.6 cm³/mol. The Kier molecular flexibility index (Phi) is 3.80. The lowest BCUT2D eigenvalue weighted by Gasteiger charge is -2.03. The quantitative estimate of drug-likeness (QED) is 0.839. The molecule has 0 fully saturated rings. The van der Waals surface area contributed by atoms with Gasteiger partial charge >= 0.3 is 0 Å². The Bertz CT molecular complexity index is 544. The molecule has 0 aliphatic carbocycles. The van der Waals surface area contributed by atoms with Gasteiger partial charge in [0.2, 0.25) is 0 Å². The second kappa shape index (κ2) is 5.33. The van der Waals surface area contributed by atoms with E-state index in [0.717, 1.165) is 0 Å². The number of rotatable bonds is 2. The van der Waals surface area contributed by atoms with Crippen LogP contribution in [0.1, 0.15) is 10.5 Å². The summed E-state index contributed by atoms with van der Waals surface area (Å²) in [5.41, 5.74) is 0.309. The zero-order valence-corrected chi connectivity index (χ0v) is 11.6. The van der Waals surface area contributed by atoms with Gasteiger partial charge in [-0.15, -0.1) is 0 Å². The van der Waals surface area contributed by atoms with Crippen molar-refractivity contribution in [3.05, 3.63) is 45.5 Å². The van der Waals surface area contributed by atoms with Crippen LogP contribution in [0.3, 0.4) is 0 Å².